The maximum atomic E-state index is 12.8. The molecule has 0 spiro atoms. The fraction of sp³-hybridized carbons (Fsp3) is 0.333. The molecule has 0 saturated heterocycles. The summed E-state index contributed by atoms with van der Waals surface area (Å²) >= 11 is 3.38. The van der Waals surface area contributed by atoms with Gasteiger partial charge in [-0.15, -0.1) is 0 Å². The first kappa shape index (κ1) is 18.4. The third kappa shape index (κ3) is 4.79. The van der Waals surface area contributed by atoms with E-state index in [-0.39, 0.29) is 11.3 Å². The average Bonchev–Trinajstić information content (AvgIpc) is 2.56. The first-order valence-electron chi connectivity index (χ1n) is 7.66. The Morgan fingerprint density at radius 2 is 1.96 bits per heavy atom. The highest BCUT2D eigenvalue weighted by Crippen LogP contribution is 2.26. The van der Waals surface area contributed by atoms with Gasteiger partial charge in [-0.05, 0) is 48.4 Å². The number of rotatable bonds is 6. The van der Waals surface area contributed by atoms with E-state index in [9.17, 15) is 4.79 Å². The number of nitrogens with two attached hydrogens (primary N) is 1. The number of amides is 1. The van der Waals surface area contributed by atoms with Crippen LogP contribution >= 0.6 is 15.9 Å². The Kier molecular flexibility index (Phi) is 5.96. The Morgan fingerprint density at radius 3 is 2.58 bits per heavy atom. The summed E-state index contributed by atoms with van der Waals surface area (Å²) in [5.74, 6) is 0.773. The zero-order valence-corrected chi connectivity index (χ0v) is 15.7. The Bertz CT molecular complexity index is 702. The summed E-state index contributed by atoms with van der Waals surface area (Å²) in [5, 5.41) is 0. The van der Waals surface area contributed by atoms with Crippen molar-refractivity contribution in [2.24, 2.45) is 11.1 Å². The molecule has 0 unspecified atom stereocenters. The zero-order valence-electron chi connectivity index (χ0n) is 14.1. The lowest BCUT2D eigenvalue weighted by atomic mass is 9.93. The molecule has 0 bridgehead atoms. The van der Waals surface area contributed by atoms with Gasteiger partial charge in [-0.3, -0.25) is 4.79 Å². The van der Waals surface area contributed by atoms with Crippen LogP contribution in [-0.2, 0) is 0 Å². The van der Waals surface area contributed by atoms with Crippen LogP contribution in [0, 0.1) is 5.41 Å². The van der Waals surface area contributed by atoms with Gasteiger partial charge in [-0.25, -0.2) is 4.98 Å². The van der Waals surface area contributed by atoms with Crippen LogP contribution in [0.15, 0.2) is 47.1 Å². The number of hydrogen-bond donors (Lipinski definition) is 1. The van der Waals surface area contributed by atoms with Crippen molar-refractivity contribution >= 4 is 21.8 Å². The number of nitrogens with zero attached hydrogens (tertiary/aromatic N) is 2. The zero-order chi connectivity index (χ0) is 17.7. The highest BCUT2D eigenvalue weighted by Gasteiger charge is 2.24. The highest BCUT2D eigenvalue weighted by molar-refractivity contribution is 9.10. The predicted molar refractivity (Wildman–Crippen MR) is 98.2 cm³/mol. The third-order valence-corrected chi connectivity index (χ3v) is 4.12. The van der Waals surface area contributed by atoms with Crippen LogP contribution in [0.4, 0.5) is 0 Å². The van der Waals surface area contributed by atoms with E-state index in [1.165, 1.54) is 0 Å². The molecule has 128 valence electrons. The maximum absolute atomic E-state index is 12.8. The minimum atomic E-state index is -0.153. The summed E-state index contributed by atoms with van der Waals surface area (Å²) in [6.07, 6.45) is 1.61. The Balaban J connectivity index is 2.21. The molecule has 1 amide bonds. The van der Waals surface area contributed by atoms with E-state index >= 15 is 0 Å². The molecule has 0 aliphatic rings. The Labute approximate surface area is 151 Å². The van der Waals surface area contributed by atoms with Crippen LogP contribution in [0.2, 0.25) is 0 Å². The SMILES string of the molecule is CN(CC(C)(C)CN)C(=O)c1cccnc1Oc1ccc(Br)cc1. The molecule has 0 fully saturated rings. The van der Waals surface area contributed by atoms with Gasteiger partial charge in [-0.1, -0.05) is 29.8 Å². The molecule has 0 aliphatic carbocycles. The Morgan fingerprint density at radius 1 is 1.29 bits per heavy atom. The van der Waals surface area contributed by atoms with E-state index in [1.807, 2.05) is 38.1 Å². The number of ether oxygens (including phenoxy) is 1. The van der Waals surface area contributed by atoms with E-state index in [1.54, 1.807) is 30.3 Å². The van der Waals surface area contributed by atoms with Crippen LogP contribution in [0.3, 0.4) is 0 Å². The molecule has 1 aromatic heterocycles. The summed E-state index contributed by atoms with van der Waals surface area (Å²) < 4.78 is 6.74. The van der Waals surface area contributed by atoms with Crippen molar-refractivity contribution in [2.45, 2.75) is 13.8 Å². The minimum Gasteiger partial charge on any atom is -0.438 e. The van der Waals surface area contributed by atoms with E-state index in [2.05, 4.69) is 20.9 Å². The molecule has 2 rings (SSSR count). The van der Waals surface area contributed by atoms with Gasteiger partial charge in [0.15, 0.2) is 0 Å². The van der Waals surface area contributed by atoms with Crippen LogP contribution in [-0.4, -0.2) is 35.9 Å². The van der Waals surface area contributed by atoms with Crippen molar-refractivity contribution in [2.75, 3.05) is 20.1 Å². The predicted octanol–water partition coefficient (Wildman–Crippen LogP) is 3.69. The van der Waals surface area contributed by atoms with Gasteiger partial charge in [-0.2, -0.15) is 0 Å². The van der Waals surface area contributed by atoms with Crippen LogP contribution in [0.5, 0.6) is 11.6 Å². The fourth-order valence-electron chi connectivity index (χ4n) is 2.23. The molecule has 6 heteroatoms. The summed E-state index contributed by atoms with van der Waals surface area (Å²) in [6.45, 7) is 5.10. The maximum Gasteiger partial charge on any atom is 0.259 e. The molecule has 1 aromatic carbocycles. The Hall–Kier alpha value is -1.92. The number of hydrogen-bond acceptors (Lipinski definition) is 4. The third-order valence-electron chi connectivity index (χ3n) is 3.59. The minimum absolute atomic E-state index is 0.142. The number of aromatic nitrogens is 1. The number of pyridine rings is 1. The van der Waals surface area contributed by atoms with Gasteiger partial charge in [0.05, 0.1) is 0 Å². The molecule has 2 N–H and O–H groups in total. The van der Waals surface area contributed by atoms with Gasteiger partial charge < -0.3 is 15.4 Å². The first-order chi connectivity index (χ1) is 11.3. The van der Waals surface area contributed by atoms with E-state index in [0.29, 0.717) is 30.3 Å². The van der Waals surface area contributed by atoms with Crippen LogP contribution in [0.1, 0.15) is 24.2 Å². The standard InChI is InChI=1S/C18H22BrN3O2/c1-18(2,11-20)12-22(3)17(23)15-5-4-10-21-16(15)24-14-8-6-13(19)7-9-14/h4-10H,11-12,20H2,1-3H3. The number of carbonyl (C=O) groups is 1. The number of carbonyl (C=O) groups excluding carboxylic acids is 1. The molecule has 24 heavy (non-hydrogen) atoms. The molecular formula is C18H22BrN3O2. The molecule has 5 nitrogen and oxygen atoms in total. The largest absolute Gasteiger partial charge is 0.438 e. The number of benzene rings is 1. The van der Waals surface area contributed by atoms with Crippen molar-refractivity contribution in [3.05, 3.63) is 52.6 Å². The van der Waals surface area contributed by atoms with Gasteiger partial charge in [0.2, 0.25) is 5.88 Å². The molecule has 0 aliphatic heterocycles. The van der Waals surface area contributed by atoms with Crippen molar-refractivity contribution in [1.29, 1.82) is 0 Å². The topological polar surface area (TPSA) is 68.5 Å². The molecular weight excluding hydrogens is 370 g/mol. The molecule has 0 atom stereocenters. The summed E-state index contributed by atoms with van der Waals surface area (Å²) in [5.41, 5.74) is 6.03. The monoisotopic (exact) mass is 391 g/mol. The van der Waals surface area contributed by atoms with Gasteiger partial charge in [0.1, 0.15) is 11.3 Å². The van der Waals surface area contributed by atoms with Crippen molar-refractivity contribution in [1.82, 2.24) is 9.88 Å². The highest BCUT2D eigenvalue weighted by atomic mass is 79.9. The summed E-state index contributed by atoms with van der Waals surface area (Å²) in [7, 11) is 1.76. The molecule has 0 radical (unpaired) electrons. The first-order valence-corrected chi connectivity index (χ1v) is 8.46. The van der Waals surface area contributed by atoms with Crippen LogP contribution in [0.25, 0.3) is 0 Å². The van der Waals surface area contributed by atoms with E-state index < -0.39 is 0 Å². The van der Waals surface area contributed by atoms with Crippen molar-refractivity contribution in [3.63, 3.8) is 0 Å². The van der Waals surface area contributed by atoms with E-state index in [0.717, 1.165) is 4.47 Å². The summed E-state index contributed by atoms with van der Waals surface area (Å²) in [6, 6.07) is 10.8. The quantitative estimate of drug-likeness (QED) is 0.814. The smallest absolute Gasteiger partial charge is 0.259 e. The van der Waals surface area contributed by atoms with Crippen molar-refractivity contribution in [3.8, 4) is 11.6 Å². The van der Waals surface area contributed by atoms with Gasteiger partial charge in [0, 0.05) is 24.3 Å². The van der Waals surface area contributed by atoms with E-state index in [4.69, 9.17) is 10.5 Å². The van der Waals surface area contributed by atoms with Gasteiger partial charge >= 0.3 is 0 Å². The van der Waals surface area contributed by atoms with Crippen LogP contribution < -0.4 is 10.5 Å². The molecule has 0 saturated carbocycles. The lowest BCUT2D eigenvalue weighted by Crippen LogP contribution is -2.39. The second-order valence-electron chi connectivity index (χ2n) is 6.44. The molecule has 1 heterocycles. The summed E-state index contributed by atoms with van der Waals surface area (Å²) in [4.78, 5) is 18.6. The lowest BCUT2D eigenvalue weighted by Gasteiger charge is -2.29. The van der Waals surface area contributed by atoms with Gasteiger partial charge in [0.25, 0.3) is 5.91 Å². The second kappa shape index (κ2) is 7.77. The average molecular weight is 392 g/mol. The second-order valence-corrected chi connectivity index (χ2v) is 7.36. The normalized spacial score (nSPS) is 11.2. The van der Waals surface area contributed by atoms with Crippen molar-refractivity contribution < 1.29 is 9.53 Å². The lowest BCUT2D eigenvalue weighted by molar-refractivity contribution is 0.0737. The number of halogens is 1. The molecule has 2 aromatic rings. The fourth-order valence-corrected chi connectivity index (χ4v) is 2.50.